The average molecular weight is 411 g/mol. The van der Waals surface area contributed by atoms with Crippen LogP contribution >= 0.6 is 0 Å². The maximum atomic E-state index is 12.4. The number of anilines is 1. The van der Waals surface area contributed by atoms with Crippen molar-refractivity contribution in [2.75, 3.05) is 33.3 Å². The minimum Gasteiger partial charge on any atom is -0.497 e. The molecule has 0 saturated heterocycles. The van der Waals surface area contributed by atoms with Gasteiger partial charge in [-0.05, 0) is 30.3 Å². The van der Waals surface area contributed by atoms with Gasteiger partial charge in [0, 0.05) is 6.07 Å². The van der Waals surface area contributed by atoms with Crippen LogP contribution in [0.2, 0.25) is 0 Å². The highest BCUT2D eigenvalue weighted by Gasteiger charge is 2.17. The quantitative estimate of drug-likeness (QED) is 0.634. The number of hydrogen-bond donors (Lipinski definition) is 1. The Morgan fingerprint density at radius 3 is 2.28 bits per heavy atom. The van der Waals surface area contributed by atoms with Gasteiger partial charge in [0.05, 0.1) is 32.6 Å². The van der Waals surface area contributed by atoms with E-state index in [0.717, 1.165) is 6.07 Å². The van der Waals surface area contributed by atoms with E-state index in [1.807, 2.05) is 0 Å². The van der Waals surface area contributed by atoms with Crippen molar-refractivity contribution in [2.45, 2.75) is 6.61 Å². The molecule has 0 aliphatic carbocycles. The van der Waals surface area contributed by atoms with Crippen molar-refractivity contribution < 1.29 is 42.1 Å². The Hall–Kier alpha value is -3.56. The lowest BCUT2D eigenvalue weighted by Gasteiger charge is -2.12. The highest BCUT2D eigenvalue weighted by Crippen LogP contribution is 2.30. The van der Waals surface area contributed by atoms with E-state index >= 15 is 0 Å². The van der Waals surface area contributed by atoms with Gasteiger partial charge >= 0.3 is 12.6 Å². The number of ether oxygens (including phenoxy) is 5. The van der Waals surface area contributed by atoms with Gasteiger partial charge in [-0.1, -0.05) is 0 Å². The highest BCUT2D eigenvalue weighted by atomic mass is 19.3. The molecule has 8 nitrogen and oxygen atoms in total. The highest BCUT2D eigenvalue weighted by molar-refractivity contribution is 5.96. The second-order valence-electron chi connectivity index (χ2n) is 5.43. The fourth-order valence-electron chi connectivity index (χ4n) is 2.29. The van der Waals surface area contributed by atoms with Crippen molar-refractivity contribution in [3.05, 3.63) is 42.0 Å². The van der Waals surface area contributed by atoms with E-state index in [-0.39, 0.29) is 17.1 Å². The van der Waals surface area contributed by atoms with Crippen LogP contribution in [-0.4, -0.2) is 46.4 Å². The molecule has 1 N–H and O–H groups in total. The number of benzene rings is 2. The first-order valence-corrected chi connectivity index (χ1v) is 8.19. The summed E-state index contributed by atoms with van der Waals surface area (Å²) in [5.74, 6) is -0.853. The zero-order valence-electron chi connectivity index (χ0n) is 15.9. The molecular weight excluding hydrogens is 392 g/mol. The molecule has 0 aromatic heterocycles. The van der Waals surface area contributed by atoms with Crippen LogP contribution < -0.4 is 24.3 Å². The molecule has 0 radical (unpaired) electrons. The van der Waals surface area contributed by atoms with E-state index in [9.17, 15) is 18.4 Å². The summed E-state index contributed by atoms with van der Waals surface area (Å²) in [4.78, 5) is 24.2. The number of hydrogen-bond acceptors (Lipinski definition) is 7. The third kappa shape index (κ3) is 5.96. The summed E-state index contributed by atoms with van der Waals surface area (Å²) in [6.07, 6.45) is 0. The van der Waals surface area contributed by atoms with E-state index in [2.05, 4.69) is 10.1 Å². The van der Waals surface area contributed by atoms with Gasteiger partial charge < -0.3 is 29.0 Å². The van der Waals surface area contributed by atoms with Crippen molar-refractivity contribution in [3.8, 4) is 23.0 Å². The van der Waals surface area contributed by atoms with Crippen LogP contribution in [0.25, 0.3) is 0 Å². The smallest absolute Gasteiger partial charge is 0.387 e. The van der Waals surface area contributed by atoms with E-state index in [4.69, 9.17) is 18.9 Å². The molecule has 2 aromatic rings. The van der Waals surface area contributed by atoms with Crippen molar-refractivity contribution in [2.24, 2.45) is 0 Å². The zero-order chi connectivity index (χ0) is 21.4. The van der Waals surface area contributed by atoms with E-state index < -0.39 is 25.1 Å². The molecule has 29 heavy (non-hydrogen) atoms. The molecule has 0 unspecified atom stereocenters. The Balaban J connectivity index is 1.99. The largest absolute Gasteiger partial charge is 0.497 e. The van der Waals surface area contributed by atoms with Crippen LogP contribution in [0.3, 0.4) is 0 Å². The van der Waals surface area contributed by atoms with Gasteiger partial charge in [-0.2, -0.15) is 8.78 Å². The van der Waals surface area contributed by atoms with Crippen molar-refractivity contribution in [1.82, 2.24) is 0 Å². The maximum Gasteiger partial charge on any atom is 0.387 e. The Bertz CT molecular complexity index is 874. The molecular formula is C19H19F2NO7. The predicted octanol–water partition coefficient (Wildman–Crippen LogP) is 3.11. The molecule has 0 heterocycles. The van der Waals surface area contributed by atoms with Gasteiger partial charge in [-0.3, -0.25) is 4.79 Å². The van der Waals surface area contributed by atoms with E-state index in [0.29, 0.717) is 17.2 Å². The molecule has 0 bridgehead atoms. The number of carbonyl (C=O) groups is 2. The molecule has 0 aliphatic rings. The molecule has 10 heteroatoms. The van der Waals surface area contributed by atoms with Gasteiger partial charge in [0.15, 0.2) is 18.1 Å². The standard InChI is InChI=1S/C19H19F2NO7/c1-25-12-5-6-13(15(9-12)26-2)22-17(23)10-28-18(24)11-4-7-14(29-19(20)21)16(8-11)27-3/h4-9,19H,10H2,1-3H3,(H,22,23). The van der Waals surface area contributed by atoms with Gasteiger partial charge in [0.25, 0.3) is 5.91 Å². The second-order valence-corrected chi connectivity index (χ2v) is 5.43. The number of amides is 1. The van der Waals surface area contributed by atoms with Crippen LogP contribution in [0.4, 0.5) is 14.5 Å². The number of carbonyl (C=O) groups excluding carboxylic acids is 2. The van der Waals surface area contributed by atoms with Crippen molar-refractivity contribution >= 4 is 17.6 Å². The number of methoxy groups -OCH3 is 3. The Labute approximate surface area is 165 Å². The summed E-state index contributed by atoms with van der Waals surface area (Å²) in [5, 5.41) is 2.55. The first kappa shape index (κ1) is 21.7. The lowest BCUT2D eigenvalue weighted by Crippen LogP contribution is -2.21. The minimum atomic E-state index is -3.04. The summed E-state index contributed by atoms with van der Waals surface area (Å²) in [7, 11) is 4.16. The molecule has 1 amide bonds. The Kier molecular flexibility index (Phi) is 7.58. The predicted molar refractivity (Wildman–Crippen MR) is 98.1 cm³/mol. The fourth-order valence-corrected chi connectivity index (χ4v) is 2.29. The molecule has 2 rings (SSSR count). The first-order valence-electron chi connectivity index (χ1n) is 8.19. The zero-order valence-corrected chi connectivity index (χ0v) is 15.9. The molecule has 0 aliphatic heterocycles. The number of esters is 1. The van der Waals surface area contributed by atoms with Crippen molar-refractivity contribution in [3.63, 3.8) is 0 Å². The maximum absolute atomic E-state index is 12.4. The molecule has 156 valence electrons. The molecule has 0 atom stereocenters. The lowest BCUT2D eigenvalue weighted by molar-refractivity contribution is -0.119. The lowest BCUT2D eigenvalue weighted by atomic mass is 10.2. The monoisotopic (exact) mass is 411 g/mol. The van der Waals surface area contributed by atoms with Crippen LogP contribution in [0, 0.1) is 0 Å². The summed E-state index contributed by atoms with van der Waals surface area (Å²) in [5.41, 5.74) is 0.364. The number of nitrogens with one attached hydrogen (secondary N) is 1. The van der Waals surface area contributed by atoms with Gasteiger partial charge in [-0.15, -0.1) is 0 Å². The molecule has 0 saturated carbocycles. The number of alkyl halides is 2. The van der Waals surface area contributed by atoms with Crippen LogP contribution in [-0.2, 0) is 9.53 Å². The SMILES string of the molecule is COc1ccc(NC(=O)COC(=O)c2ccc(OC(F)F)c(OC)c2)c(OC)c1. The number of halogens is 2. The normalized spacial score (nSPS) is 10.3. The number of rotatable bonds is 9. The van der Waals surface area contributed by atoms with Crippen LogP contribution in [0.1, 0.15) is 10.4 Å². The first-order chi connectivity index (χ1) is 13.9. The summed E-state index contributed by atoms with van der Waals surface area (Å²) in [6, 6.07) is 8.31. The van der Waals surface area contributed by atoms with E-state index in [1.54, 1.807) is 18.2 Å². The molecule has 0 spiro atoms. The summed E-state index contributed by atoms with van der Waals surface area (Å²) < 4.78 is 49.1. The Morgan fingerprint density at radius 2 is 1.66 bits per heavy atom. The molecule has 0 fully saturated rings. The Morgan fingerprint density at radius 1 is 0.931 bits per heavy atom. The van der Waals surface area contributed by atoms with Gasteiger partial charge in [0.1, 0.15) is 11.5 Å². The fraction of sp³-hybridized carbons (Fsp3) is 0.263. The van der Waals surface area contributed by atoms with Gasteiger partial charge in [0.2, 0.25) is 0 Å². The second kappa shape index (κ2) is 10.1. The minimum absolute atomic E-state index is 0.00158. The molecule has 2 aromatic carbocycles. The van der Waals surface area contributed by atoms with Crippen LogP contribution in [0.5, 0.6) is 23.0 Å². The third-order valence-corrected chi connectivity index (χ3v) is 3.63. The summed E-state index contributed by atoms with van der Waals surface area (Å²) >= 11 is 0. The van der Waals surface area contributed by atoms with E-state index in [1.165, 1.54) is 33.5 Å². The van der Waals surface area contributed by atoms with Gasteiger partial charge in [-0.25, -0.2) is 4.79 Å². The third-order valence-electron chi connectivity index (χ3n) is 3.63. The average Bonchev–Trinajstić information content (AvgIpc) is 2.72. The summed E-state index contributed by atoms with van der Waals surface area (Å²) in [6.45, 7) is -3.62. The van der Waals surface area contributed by atoms with Crippen molar-refractivity contribution in [1.29, 1.82) is 0 Å². The van der Waals surface area contributed by atoms with Crippen LogP contribution in [0.15, 0.2) is 36.4 Å². The topological polar surface area (TPSA) is 92.3 Å².